The van der Waals surface area contributed by atoms with Crippen LogP contribution in [0.15, 0.2) is 53.7 Å². The van der Waals surface area contributed by atoms with Crippen molar-refractivity contribution >= 4 is 5.84 Å². The van der Waals surface area contributed by atoms with E-state index in [1.54, 1.807) is 24.3 Å². The highest BCUT2D eigenvalue weighted by Crippen LogP contribution is 2.27. The summed E-state index contributed by atoms with van der Waals surface area (Å²) >= 11 is 0. The number of nitrogens with zero attached hydrogens (tertiary/aromatic N) is 1. The summed E-state index contributed by atoms with van der Waals surface area (Å²) in [6.45, 7) is 2.51. The number of hydrogen-bond acceptors (Lipinski definition) is 4. The van der Waals surface area contributed by atoms with Crippen LogP contribution in [0.4, 0.5) is 0 Å². The molecular weight excluding hydrogens is 256 g/mol. The Morgan fingerprint density at radius 2 is 1.90 bits per heavy atom. The Balaban J connectivity index is 2.28. The molecule has 0 aliphatic heterocycles. The number of hydrogen-bond donors (Lipinski definition) is 2. The van der Waals surface area contributed by atoms with Crippen molar-refractivity contribution in [3.63, 3.8) is 0 Å². The molecule has 0 fully saturated rings. The molecule has 0 heterocycles. The highest BCUT2D eigenvalue weighted by atomic mass is 16.5. The highest BCUT2D eigenvalue weighted by Gasteiger charge is 2.08. The number of oxime groups is 1. The molecule has 20 heavy (non-hydrogen) atoms. The monoisotopic (exact) mass is 272 g/mol. The van der Waals surface area contributed by atoms with Gasteiger partial charge in [-0.05, 0) is 31.2 Å². The molecule has 0 amide bonds. The lowest BCUT2D eigenvalue weighted by Crippen LogP contribution is -2.14. The van der Waals surface area contributed by atoms with Crippen LogP contribution in [-0.2, 0) is 0 Å². The second-order valence-electron chi connectivity index (χ2n) is 3.99. The lowest BCUT2D eigenvalue weighted by atomic mass is 10.2. The van der Waals surface area contributed by atoms with E-state index < -0.39 is 0 Å². The van der Waals surface area contributed by atoms with E-state index in [0.29, 0.717) is 23.7 Å². The van der Waals surface area contributed by atoms with Crippen molar-refractivity contribution < 1.29 is 14.7 Å². The summed E-state index contributed by atoms with van der Waals surface area (Å²) in [4.78, 5) is 0. The van der Waals surface area contributed by atoms with E-state index in [1.165, 1.54) is 0 Å². The molecule has 0 unspecified atom stereocenters. The van der Waals surface area contributed by atoms with Gasteiger partial charge in [0.2, 0.25) is 0 Å². The second-order valence-corrected chi connectivity index (χ2v) is 3.99. The van der Waals surface area contributed by atoms with Crippen LogP contribution >= 0.6 is 0 Å². The van der Waals surface area contributed by atoms with Gasteiger partial charge in [0.05, 0.1) is 12.2 Å². The first-order valence-electron chi connectivity index (χ1n) is 6.22. The van der Waals surface area contributed by atoms with E-state index in [2.05, 4.69) is 5.16 Å². The fraction of sp³-hybridized carbons (Fsp3) is 0.133. The Hall–Kier alpha value is -2.69. The summed E-state index contributed by atoms with van der Waals surface area (Å²) in [5.74, 6) is 1.86. The van der Waals surface area contributed by atoms with Gasteiger partial charge in [0.25, 0.3) is 0 Å². The average molecular weight is 272 g/mol. The first-order chi connectivity index (χ1) is 9.74. The predicted molar refractivity (Wildman–Crippen MR) is 76.6 cm³/mol. The minimum Gasteiger partial charge on any atom is -0.494 e. The summed E-state index contributed by atoms with van der Waals surface area (Å²) in [6, 6.07) is 14.4. The molecule has 0 aliphatic carbocycles. The molecular formula is C15H16N2O3. The topological polar surface area (TPSA) is 77.1 Å². The summed E-state index contributed by atoms with van der Waals surface area (Å²) in [5, 5.41) is 11.8. The second kappa shape index (κ2) is 6.47. The first-order valence-corrected chi connectivity index (χ1v) is 6.22. The normalized spacial score (nSPS) is 11.2. The predicted octanol–water partition coefficient (Wildman–Crippen LogP) is 2.97. The van der Waals surface area contributed by atoms with E-state index >= 15 is 0 Å². The average Bonchev–Trinajstić information content (AvgIpc) is 2.48. The van der Waals surface area contributed by atoms with Gasteiger partial charge in [0, 0.05) is 6.07 Å². The molecule has 2 aromatic carbocycles. The van der Waals surface area contributed by atoms with Crippen LogP contribution in [-0.4, -0.2) is 17.6 Å². The van der Waals surface area contributed by atoms with Crippen LogP contribution in [0.1, 0.15) is 12.5 Å². The van der Waals surface area contributed by atoms with Gasteiger partial charge in [-0.2, -0.15) is 0 Å². The molecule has 2 rings (SSSR count). The van der Waals surface area contributed by atoms with Gasteiger partial charge in [-0.1, -0.05) is 23.4 Å². The summed E-state index contributed by atoms with van der Waals surface area (Å²) < 4.78 is 11.2. The molecule has 0 radical (unpaired) electrons. The van der Waals surface area contributed by atoms with Crippen LogP contribution < -0.4 is 15.2 Å². The molecule has 104 valence electrons. The molecule has 0 aliphatic rings. The first kappa shape index (κ1) is 13.7. The highest BCUT2D eigenvalue weighted by molar-refractivity contribution is 5.99. The van der Waals surface area contributed by atoms with Crippen LogP contribution in [0.25, 0.3) is 0 Å². The van der Waals surface area contributed by atoms with Crippen LogP contribution in [0.5, 0.6) is 17.2 Å². The largest absolute Gasteiger partial charge is 0.494 e. The zero-order valence-electron chi connectivity index (χ0n) is 11.1. The Morgan fingerprint density at radius 3 is 2.65 bits per heavy atom. The Morgan fingerprint density at radius 1 is 1.15 bits per heavy atom. The zero-order chi connectivity index (χ0) is 14.4. The Kier molecular flexibility index (Phi) is 4.44. The molecule has 2 aromatic rings. The molecule has 3 N–H and O–H groups in total. The van der Waals surface area contributed by atoms with Gasteiger partial charge in [0.15, 0.2) is 5.84 Å². The lowest BCUT2D eigenvalue weighted by molar-refractivity contribution is 0.318. The van der Waals surface area contributed by atoms with Gasteiger partial charge in [-0.25, -0.2) is 0 Å². The van der Waals surface area contributed by atoms with Crippen LogP contribution in [0.3, 0.4) is 0 Å². The van der Waals surface area contributed by atoms with E-state index in [9.17, 15) is 0 Å². The van der Waals surface area contributed by atoms with E-state index in [1.807, 2.05) is 31.2 Å². The fourth-order valence-corrected chi connectivity index (χ4v) is 1.74. The lowest BCUT2D eigenvalue weighted by Gasteiger charge is -2.11. The number of nitrogens with two attached hydrogens (primary N) is 1. The minimum absolute atomic E-state index is 0.00145. The maximum Gasteiger partial charge on any atom is 0.173 e. The molecule has 0 atom stereocenters. The van der Waals surface area contributed by atoms with Crippen molar-refractivity contribution in [1.29, 1.82) is 0 Å². The van der Waals surface area contributed by atoms with Crippen molar-refractivity contribution in [2.24, 2.45) is 10.9 Å². The van der Waals surface area contributed by atoms with Crippen LogP contribution in [0, 0.1) is 0 Å². The molecule has 5 nitrogen and oxygen atoms in total. The third-order valence-electron chi connectivity index (χ3n) is 2.62. The van der Waals surface area contributed by atoms with E-state index in [4.69, 9.17) is 20.4 Å². The van der Waals surface area contributed by atoms with Crippen LogP contribution in [0.2, 0.25) is 0 Å². The molecule has 0 bridgehead atoms. The standard InChI is InChI=1S/C15H16N2O3/c1-2-19-11-6-5-7-12(10-11)20-14-9-4-3-8-13(14)15(16)17-18/h3-10,18H,2H2,1H3,(H2,16,17). The molecule has 5 heteroatoms. The van der Waals surface area contributed by atoms with Gasteiger partial charge in [-0.15, -0.1) is 0 Å². The Bertz CT molecular complexity index is 612. The Labute approximate surface area is 117 Å². The number of ether oxygens (including phenoxy) is 2. The third-order valence-corrected chi connectivity index (χ3v) is 2.62. The van der Waals surface area contributed by atoms with E-state index in [0.717, 1.165) is 5.75 Å². The summed E-state index contributed by atoms with van der Waals surface area (Å²) in [6.07, 6.45) is 0. The molecule has 0 spiro atoms. The maximum atomic E-state index is 8.78. The minimum atomic E-state index is 0.00145. The molecule has 0 saturated heterocycles. The van der Waals surface area contributed by atoms with E-state index in [-0.39, 0.29) is 5.84 Å². The summed E-state index contributed by atoms with van der Waals surface area (Å²) in [7, 11) is 0. The number of para-hydroxylation sites is 1. The molecule has 0 saturated carbocycles. The van der Waals surface area contributed by atoms with Crippen molar-refractivity contribution in [3.8, 4) is 17.2 Å². The SMILES string of the molecule is CCOc1cccc(Oc2ccccc2C(N)=NO)c1. The quantitative estimate of drug-likeness (QED) is 0.379. The van der Waals surface area contributed by atoms with Gasteiger partial charge < -0.3 is 20.4 Å². The maximum absolute atomic E-state index is 8.78. The summed E-state index contributed by atoms with van der Waals surface area (Å²) in [5.41, 5.74) is 6.15. The zero-order valence-corrected chi connectivity index (χ0v) is 11.1. The smallest absolute Gasteiger partial charge is 0.173 e. The fourth-order valence-electron chi connectivity index (χ4n) is 1.74. The van der Waals surface area contributed by atoms with Gasteiger partial charge >= 0.3 is 0 Å². The third kappa shape index (κ3) is 3.20. The van der Waals surface area contributed by atoms with Crippen molar-refractivity contribution in [3.05, 3.63) is 54.1 Å². The molecule has 0 aromatic heterocycles. The van der Waals surface area contributed by atoms with Gasteiger partial charge in [-0.3, -0.25) is 0 Å². The van der Waals surface area contributed by atoms with Crippen molar-refractivity contribution in [1.82, 2.24) is 0 Å². The van der Waals surface area contributed by atoms with Crippen molar-refractivity contribution in [2.75, 3.05) is 6.61 Å². The van der Waals surface area contributed by atoms with Crippen molar-refractivity contribution in [2.45, 2.75) is 6.92 Å². The van der Waals surface area contributed by atoms with Gasteiger partial charge in [0.1, 0.15) is 17.2 Å². The number of rotatable bonds is 5. The number of benzene rings is 2. The number of amidine groups is 1.